The molecule has 0 saturated carbocycles. The van der Waals surface area contributed by atoms with E-state index in [1.54, 1.807) is 13.0 Å². The summed E-state index contributed by atoms with van der Waals surface area (Å²) in [4.78, 5) is 0.627. The van der Waals surface area contributed by atoms with E-state index in [9.17, 15) is 8.42 Å². The van der Waals surface area contributed by atoms with Crippen LogP contribution in [0.5, 0.6) is 0 Å². The van der Waals surface area contributed by atoms with E-state index in [-0.39, 0.29) is 16.9 Å². The minimum atomic E-state index is -3.56. The Morgan fingerprint density at radius 2 is 1.90 bits per heavy atom. The lowest BCUT2D eigenvalue weighted by Gasteiger charge is -2.13. The maximum absolute atomic E-state index is 12.2. The third-order valence-corrected chi connectivity index (χ3v) is 6.39. The predicted octanol–water partition coefficient (Wildman–Crippen LogP) is 3.04. The third-order valence-electron chi connectivity index (χ3n) is 2.76. The zero-order chi connectivity index (χ0) is 14.8. The van der Waals surface area contributed by atoms with Crippen molar-refractivity contribution in [1.29, 1.82) is 0 Å². The molecule has 0 bridgehead atoms. The summed E-state index contributed by atoms with van der Waals surface area (Å²) in [6.45, 7) is 1.64. The highest BCUT2D eigenvalue weighted by Gasteiger charge is 2.20. The highest BCUT2D eigenvalue weighted by Crippen LogP contribution is 2.24. The van der Waals surface area contributed by atoms with Crippen molar-refractivity contribution in [3.63, 3.8) is 0 Å². The Morgan fingerprint density at radius 1 is 1.25 bits per heavy atom. The van der Waals surface area contributed by atoms with Crippen molar-refractivity contribution in [2.24, 2.45) is 0 Å². The number of sulfonamides is 1. The fourth-order valence-electron chi connectivity index (χ4n) is 1.70. The first-order valence-electron chi connectivity index (χ1n) is 5.90. The van der Waals surface area contributed by atoms with Crippen LogP contribution in [-0.2, 0) is 16.6 Å². The molecule has 0 aliphatic rings. The Labute approximate surface area is 130 Å². The van der Waals surface area contributed by atoms with Gasteiger partial charge in [0.15, 0.2) is 0 Å². The van der Waals surface area contributed by atoms with Gasteiger partial charge in [-0.15, -0.1) is 11.3 Å². The van der Waals surface area contributed by atoms with Crippen LogP contribution < -0.4 is 4.72 Å². The molecule has 2 aromatic rings. The van der Waals surface area contributed by atoms with E-state index < -0.39 is 10.0 Å². The van der Waals surface area contributed by atoms with E-state index in [1.807, 2.05) is 24.3 Å². The molecule has 1 atom stereocenters. The Balaban J connectivity index is 2.17. The molecular weight excluding hydrogens is 362 g/mol. The number of halogens is 1. The zero-order valence-corrected chi connectivity index (χ0v) is 13.9. The van der Waals surface area contributed by atoms with Crippen LogP contribution >= 0.6 is 27.3 Å². The molecule has 7 heteroatoms. The van der Waals surface area contributed by atoms with Gasteiger partial charge >= 0.3 is 0 Å². The Kier molecular flexibility index (Phi) is 4.98. The van der Waals surface area contributed by atoms with Gasteiger partial charge in [-0.1, -0.05) is 28.1 Å². The van der Waals surface area contributed by atoms with Crippen LogP contribution in [-0.4, -0.2) is 13.5 Å². The van der Waals surface area contributed by atoms with Crippen molar-refractivity contribution in [2.45, 2.75) is 23.8 Å². The molecule has 0 aliphatic heterocycles. The molecule has 108 valence electrons. The lowest BCUT2D eigenvalue weighted by molar-refractivity contribution is 0.285. The van der Waals surface area contributed by atoms with Crippen LogP contribution in [0.2, 0.25) is 0 Å². The fourth-order valence-corrected chi connectivity index (χ4v) is 4.43. The Bertz CT molecular complexity index is 680. The van der Waals surface area contributed by atoms with Gasteiger partial charge in [-0.3, -0.25) is 0 Å². The molecular formula is C13H14BrNO3S2. The smallest absolute Gasteiger partial charge is 0.250 e. The standard InChI is InChI=1S/C13H14BrNO3S2/c1-9(10-2-4-11(14)5-3-10)15-20(17,18)13-7-6-12(8-16)19-13/h2-7,9,15-16H,8H2,1H3. The molecule has 2 rings (SSSR count). The first-order chi connectivity index (χ1) is 9.42. The molecule has 4 nitrogen and oxygen atoms in total. The second-order valence-electron chi connectivity index (χ2n) is 4.27. The summed E-state index contributed by atoms with van der Waals surface area (Å²) in [5.74, 6) is 0. The molecule has 1 aromatic carbocycles. The maximum Gasteiger partial charge on any atom is 0.250 e. The monoisotopic (exact) mass is 375 g/mol. The van der Waals surface area contributed by atoms with E-state index >= 15 is 0 Å². The Morgan fingerprint density at radius 3 is 2.45 bits per heavy atom. The van der Waals surface area contributed by atoms with E-state index in [1.165, 1.54) is 6.07 Å². The van der Waals surface area contributed by atoms with Crippen LogP contribution in [0.4, 0.5) is 0 Å². The van der Waals surface area contributed by atoms with Crippen molar-refractivity contribution >= 4 is 37.3 Å². The first-order valence-corrected chi connectivity index (χ1v) is 8.99. The van der Waals surface area contributed by atoms with Crippen molar-refractivity contribution < 1.29 is 13.5 Å². The lowest BCUT2D eigenvalue weighted by Crippen LogP contribution is -2.26. The van der Waals surface area contributed by atoms with Gasteiger partial charge < -0.3 is 5.11 Å². The number of hydrogen-bond acceptors (Lipinski definition) is 4. The van der Waals surface area contributed by atoms with E-state index in [4.69, 9.17) is 5.11 Å². The van der Waals surface area contributed by atoms with Gasteiger partial charge in [0, 0.05) is 15.4 Å². The second kappa shape index (κ2) is 6.36. The van der Waals surface area contributed by atoms with Crippen molar-refractivity contribution in [1.82, 2.24) is 4.72 Å². The Hall–Kier alpha value is -0.730. The van der Waals surface area contributed by atoms with Gasteiger partial charge in [0.1, 0.15) is 4.21 Å². The molecule has 1 unspecified atom stereocenters. The summed E-state index contributed by atoms with van der Waals surface area (Å²) < 4.78 is 28.2. The minimum Gasteiger partial charge on any atom is -0.391 e. The molecule has 2 N–H and O–H groups in total. The van der Waals surface area contributed by atoms with E-state index in [0.29, 0.717) is 4.88 Å². The van der Waals surface area contributed by atoms with Gasteiger partial charge in [0.2, 0.25) is 0 Å². The molecule has 1 aromatic heterocycles. The second-order valence-corrected chi connectivity index (χ2v) is 8.30. The van der Waals surface area contributed by atoms with E-state index in [0.717, 1.165) is 21.4 Å². The topological polar surface area (TPSA) is 66.4 Å². The number of nitrogens with one attached hydrogen (secondary N) is 1. The largest absolute Gasteiger partial charge is 0.391 e. The molecule has 0 amide bonds. The number of aliphatic hydroxyl groups excluding tert-OH is 1. The van der Waals surface area contributed by atoms with Crippen LogP contribution in [0.15, 0.2) is 45.1 Å². The van der Waals surface area contributed by atoms with Gasteiger partial charge in [-0.25, -0.2) is 13.1 Å². The lowest BCUT2D eigenvalue weighted by atomic mass is 10.1. The SMILES string of the molecule is CC(NS(=O)(=O)c1ccc(CO)s1)c1ccc(Br)cc1. The predicted molar refractivity (Wildman–Crippen MR) is 83.1 cm³/mol. The first kappa shape index (κ1) is 15.7. The summed E-state index contributed by atoms with van der Waals surface area (Å²) in [7, 11) is -3.56. The maximum atomic E-state index is 12.2. The van der Waals surface area contributed by atoms with Crippen LogP contribution in [0.3, 0.4) is 0 Å². The molecule has 0 fully saturated rings. The normalized spacial score (nSPS) is 13.3. The average Bonchev–Trinajstić information content (AvgIpc) is 2.88. The molecule has 0 radical (unpaired) electrons. The highest BCUT2D eigenvalue weighted by atomic mass is 79.9. The summed E-state index contributed by atoms with van der Waals surface area (Å²) in [5, 5.41) is 8.99. The number of hydrogen-bond donors (Lipinski definition) is 2. The fraction of sp³-hybridized carbons (Fsp3) is 0.231. The van der Waals surface area contributed by atoms with Crippen LogP contribution in [0.1, 0.15) is 23.4 Å². The molecule has 1 heterocycles. The summed E-state index contributed by atoms with van der Waals surface area (Å²) >= 11 is 4.41. The van der Waals surface area contributed by atoms with Crippen LogP contribution in [0.25, 0.3) is 0 Å². The van der Waals surface area contributed by atoms with Crippen molar-refractivity contribution in [3.05, 3.63) is 51.3 Å². The van der Waals surface area contributed by atoms with Gasteiger partial charge in [0.25, 0.3) is 10.0 Å². The number of benzene rings is 1. The molecule has 0 spiro atoms. The summed E-state index contributed by atoms with van der Waals surface area (Å²) in [6, 6.07) is 10.3. The highest BCUT2D eigenvalue weighted by molar-refractivity contribution is 9.10. The number of rotatable bonds is 5. The minimum absolute atomic E-state index is 0.150. The van der Waals surface area contributed by atoms with Gasteiger partial charge in [-0.05, 0) is 36.8 Å². The zero-order valence-electron chi connectivity index (χ0n) is 10.7. The molecule has 0 saturated heterocycles. The third kappa shape index (κ3) is 3.67. The van der Waals surface area contributed by atoms with Gasteiger partial charge in [0.05, 0.1) is 6.61 Å². The van der Waals surface area contributed by atoms with E-state index in [2.05, 4.69) is 20.7 Å². The van der Waals surface area contributed by atoms with Crippen molar-refractivity contribution in [3.8, 4) is 0 Å². The number of thiophene rings is 1. The van der Waals surface area contributed by atoms with Gasteiger partial charge in [-0.2, -0.15) is 0 Å². The van der Waals surface area contributed by atoms with Crippen LogP contribution in [0, 0.1) is 0 Å². The quantitative estimate of drug-likeness (QED) is 0.843. The summed E-state index contributed by atoms with van der Waals surface area (Å²) in [5.41, 5.74) is 0.885. The molecule has 20 heavy (non-hydrogen) atoms. The molecule has 0 aliphatic carbocycles. The van der Waals surface area contributed by atoms with Crippen molar-refractivity contribution in [2.75, 3.05) is 0 Å². The summed E-state index contributed by atoms with van der Waals surface area (Å²) in [6.07, 6.45) is 0. The average molecular weight is 376 g/mol. The number of aliphatic hydroxyl groups is 1.